The average Bonchev–Trinajstić information content (AvgIpc) is 2.77. The van der Waals surface area contributed by atoms with Gasteiger partial charge in [-0.15, -0.1) is 11.3 Å². The molecule has 1 heterocycles. The summed E-state index contributed by atoms with van der Waals surface area (Å²) in [5.74, 6) is 0. The number of hydrogen-bond acceptors (Lipinski definition) is 4. The molecule has 0 fully saturated rings. The van der Waals surface area contributed by atoms with Crippen LogP contribution in [0.4, 0.5) is 0 Å². The SMILES string of the molecule is CCCCC(CC)(CN)N(C)Cc1scnc1C. The van der Waals surface area contributed by atoms with Crippen LogP contribution in [0, 0.1) is 6.92 Å². The normalized spacial score (nSPS) is 15.0. The summed E-state index contributed by atoms with van der Waals surface area (Å²) in [6, 6.07) is 0. The van der Waals surface area contributed by atoms with Gasteiger partial charge in [0.25, 0.3) is 0 Å². The van der Waals surface area contributed by atoms with Crippen LogP contribution in [-0.2, 0) is 6.54 Å². The maximum Gasteiger partial charge on any atom is 0.0798 e. The molecule has 1 atom stereocenters. The Hall–Kier alpha value is -0.450. The Morgan fingerprint density at radius 1 is 1.44 bits per heavy atom. The smallest absolute Gasteiger partial charge is 0.0798 e. The minimum absolute atomic E-state index is 0.145. The second-order valence-corrected chi connectivity index (χ2v) is 6.04. The predicted molar refractivity (Wildman–Crippen MR) is 79.9 cm³/mol. The van der Waals surface area contributed by atoms with E-state index in [1.54, 1.807) is 11.3 Å². The number of aryl methyl sites for hydroxylation is 1. The van der Waals surface area contributed by atoms with Crippen LogP contribution in [0.2, 0.25) is 0 Å². The summed E-state index contributed by atoms with van der Waals surface area (Å²) in [6.07, 6.45) is 4.77. The van der Waals surface area contributed by atoms with Gasteiger partial charge < -0.3 is 5.73 Å². The van der Waals surface area contributed by atoms with Gasteiger partial charge in [0, 0.05) is 23.5 Å². The lowest BCUT2D eigenvalue weighted by Gasteiger charge is -2.41. The molecular weight excluding hydrogens is 242 g/mol. The molecule has 0 spiro atoms. The summed E-state index contributed by atoms with van der Waals surface area (Å²) in [4.78, 5) is 8.12. The van der Waals surface area contributed by atoms with Gasteiger partial charge in [-0.1, -0.05) is 26.7 Å². The average molecular weight is 269 g/mol. The van der Waals surface area contributed by atoms with Crippen molar-refractivity contribution in [2.75, 3.05) is 13.6 Å². The molecule has 0 saturated heterocycles. The fraction of sp³-hybridized carbons (Fsp3) is 0.786. The molecule has 1 aromatic heterocycles. The van der Waals surface area contributed by atoms with Crippen molar-refractivity contribution in [2.24, 2.45) is 5.73 Å². The van der Waals surface area contributed by atoms with E-state index in [2.05, 4.69) is 37.7 Å². The molecule has 0 saturated carbocycles. The van der Waals surface area contributed by atoms with E-state index < -0.39 is 0 Å². The number of unbranched alkanes of at least 4 members (excludes halogenated alkanes) is 1. The van der Waals surface area contributed by atoms with E-state index in [0.29, 0.717) is 0 Å². The molecule has 0 bridgehead atoms. The molecule has 2 N–H and O–H groups in total. The molecule has 0 aliphatic heterocycles. The van der Waals surface area contributed by atoms with E-state index in [1.807, 2.05) is 5.51 Å². The van der Waals surface area contributed by atoms with Crippen molar-refractivity contribution >= 4 is 11.3 Å². The molecular formula is C14H27N3S. The largest absolute Gasteiger partial charge is 0.329 e. The number of nitrogens with two attached hydrogens (primary N) is 1. The second kappa shape index (κ2) is 7.22. The third-order valence-electron chi connectivity index (χ3n) is 4.07. The standard InChI is InChI=1S/C14H27N3S/c1-5-7-8-14(6-2,10-15)17(4)9-13-12(3)16-11-18-13/h11H,5-10,15H2,1-4H3. The maximum atomic E-state index is 6.07. The van der Waals surface area contributed by atoms with Crippen molar-refractivity contribution in [3.63, 3.8) is 0 Å². The van der Waals surface area contributed by atoms with Crippen LogP contribution < -0.4 is 5.73 Å². The van der Waals surface area contributed by atoms with Gasteiger partial charge in [-0.3, -0.25) is 4.90 Å². The van der Waals surface area contributed by atoms with E-state index in [9.17, 15) is 0 Å². The minimum Gasteiger partial charge on any atom is -0.329 e. The van der Waals surface area contributed by atoms with E-state index in [0.717, 1.165) is 25.2 Å². The summed E-state index contributed by atoms with van der Waals surface area (Å²) in [6.45, 7) is 8.27. The van der Waals surface area contributed by atoms with Crippen LogP contribution in [0.3, 0.4) is 0 Å². The summed E-state index contributed by atoms with van der Waals surface area (Å²) in [5, 5.41) is 0. The number of thiazole rings is 1. The molecule has 0 radical (unpaired) electrons. The monoisotopic (exact) mass is 269 g/mol. The third-order valence-corrected chi connectivity index (χ3v) is 4.99. The molecule has 18 heavy (non-hydrogen) atoms. The minimum atomic E-state index is 0.145. The van der Waals surface area contributed by atoms with Gasteiger partial charge in [-0.05, 0) is 26.8 Å². The van der Waals surface area contributed by atoms with Crippen LogP contribution in [0.5, 0.6) is 0 Å². The number of nitrogens with zero attached hydrogens (tertiary/aromatic N) is 2. The van der Waals surface area contributed by atoms with E-state index in [4.69, 9.17) is 5.73 Å². The lowest BCUT2D eigenvalue weighted by atomic mass is 9.88. The van der Waals surface area contributed by atoms with Gasteiger partial charge in [0.05, 0.1) is 11.2 Å². The summed E-state index contributed by atoms with van der Waals surface area (Å²) in [7, 11) is 2.20. The van der Waals surface area contributed by atoms with Crippen molar-refractivity contribution in [3.05, 3.63) is 16.1 Å². The van der Waals surface area contributed by atoms with Crippen LogP contribution >= 0.6 is 11.3 Å². The van der Waals surface area contributed by atoms with Crippen LogP contribution in [0.15, 0.2) is 5.51 Å². The van der Waals surface area contributed by atoms with Crippen molar-refractivity contribution < 1.29 is 0 Å². The zero-order valence-electron chi connectivity index (χ0n) is 12.2. The van der Waals surface area contributed by atoms with Crippen molar-refractivity contribution in [1.29, 1.82) is 0 Å². The van der Waals surface area contributed by atoms with Gasteiger partial charge in [-0.2, -0.15) is 0 Å². The zero-order chi connectivity index (χ0) is 13.6. The van der Waals surface area contributed by atoms with Crippen molar-refractivity contribution in [1.82, 2.24) is 9.88 Å². The van der Waals surface area contributed by atoms with E-state index >= 15 is 0 Å². The van der Waals surface area contributed by atoms with Crippen LogP contribution in [0.25, 0.3) is 0 Å². The van der Waals surface area contributed by atoms with Crippen LogP contribution in [-0.4, -0.2) is 29.0 Å². The molecule has 0 aromatic carbocycles. The lowest BCUT2D eigenvalue weighted by molar-refractivity contribution is 0.101. The molecule has 104 valence electrons. The highest BCUT2D eigenvalue weighted by atomic mass is 32.1. The Morgan fingerprint density at radius 2 is 2.17 bits per heavy atom. The number of hydrogen-bond donors (Lipinski definition) is 1. The van der Waals surface area contributed by atoms with Crippen LogP contribution in [0.1, 0.15) is 50.1 Å². The Kier molecular flexibility index (Phi) is 6.26. The number of likely N-dealkylation sites (N-methyl/N-ethyl adjacent to an activating group) is 1. The first-order valence-corrected chi connectivity index (χ1v) is 7.78. The first-order chi connectivity index (χ1) is 8.59. The predicted octanol–water partition coefficient (Wildman–Crippen LogP) is 3.18. The Labute approximate surface area is 115 Å². The summed E-state index contributed by atoms with van der Waals surface area (Å²) < 4.78 is 0. The van der Waals surface area contributed by atoms with Gasteiger partial charge in [0.2, 0.25) is 0 Å². The molecule has 1 aromatic rings. The van der Waals surface area contributed by atoms with Gasteiger partial charge >= 0.3 is 0 Å². The molecule has 0 aliphatic carbocycles. The van der Waals surface area contributed by atoms with Gasteiger partial charge in [0.1, 0.15) is 0 Å². The highest BCUT2D eigenvalue weighted by Crippen LogP contribution is 2.27. The Balaban J connectivity index is 2.75. The quantitative estimate of drug-likeness (QED) is 0.788. The molecule has 1 unspecified atom stereocenters. The van der Waals surface area contributed by atoms with Crippen molar-refractivity contribution in [3.8, 4) is 0 Å². The Bertz CT molecular complexity index is 345. The number of rotatable bonds is 8. The molecule has 3 nitrogen and oxygen atoms in total. The molecule has 0 aliphatic rings. The van der Waals surface area contributed by atoms with Crippen molar-refractivity contribution in [2.45, 2.75) is 58.5 Å². The molecule has 0 amide bonds. The summed E-state index contributed by atoms with van der Waals surface area (Å²) >= 11 is 1.75. The fourth-order valence-corrected chi connectivity index (χ4v) is 3.24. The topological polar surface area (TPSA) is 42.1 Å². The number of aromatic nitrogens is 1. The molecule has 1 rings (SSSR count). The zero-order valence-corrected chi connectivity index (χ0v) is 13.0. The second-order valence-electron chi connectivity index (χ2n) is 5.10. The lowest BCUT2D eigenvalue weighted by Crippen LogP contribution is -2.51. The van der Waals surface area contributed by atoms with Gasteiger partial charge in [-0.25, -0.2) is 4.98 Å². The molecule has 4 heteroatoms. The third kappa shape index (κ3) is 3.53. The van der Waals surface area contributed by atoms with E-state index in [-0.39, 0.29) is 5.54 Å². The first kappa shape index (κ1) is 15.6. The maximum absolute atomic E-state index is 6.07. The first-order valence-electron chi connectivity index (χ1n) is 6.90. The highest BCUT2D eigenvalue weighted by molar-refractivity contribution is 7.09. The highest BCUT2D eigenvalue weighted by Gasteiger charge is 2.31. The van der Waals surface area contributed by atoms with E-state index in [1.165, 1.54) is 24.1 Å². The van der Waals surface area contributed by atoms with Gasteiger partial charge in [0.15, 0.2) is 0 Å². The Morgan fingerprint density at radius 3 is 2.61 bits per heavy atom. The summed E-state index contributed by atoms with van der Waals surface area (Å²) in [5.41, 5.74) is 9.31. The fourth-order valence-electron chi connectivity index (χ4n) is 2.41.